The Morgan fingerprint density at radius 2 is 1.93 bits per heavy atom. The van der Waals surface area contributed by atoms with Crippen LogP contribution in [0.15, 0.2) is 71.6 Å². The molecule has 2 amide bonds. The lowest BCUT2D eigenvalue weighted by Gasteiger charge is -2.37. The van der Waals surface area contributed by atoms with Crippen LogP contribution in [-0.2, 0) is 10.0 Å². The smallest absolute Gasteiger partial charge is 0.321 e. The van der Waals surface area contributed by atoms with E-state index in [1.54, 1.807) is 56.4 Å². The summed E-state index contributed by atoms with van der Waals surface area (Å²) in [7, 11) is -2.51. The second-order valence-corrected chi connectivity index (χ2v) is 11.7. The van der Waals surface area contributed by atoms with Crippen molar-refractivity contribution in [2.24, 2.45) is 5.92 Å². The molecule has 1 aliphatic heterocycles. The molecule has 4 rings (SSSR count). The molecule has 3 aromatic rings. The van der Waals surface area contributed by atoms with E-state index in [-0.39, 0.29) is 36.0 Å². The van der Waals surface area contributed by atoms with Gasteiger partial charge in [-0.2, -0.15) is 9.57 Å². The molecular weight excluding hydrogens is 535 g/mol. The minimum atomic E-state index is -4.05. The fourth-order valence-corrected chi connectivity index (χ4v) is 6.34. The van der Waals surface area contributed by atoms with Crippen molar-refractivity contribution in [1.29, 1.82) is 5.26 Å². The number of aliphatic hydroxyl groups is 1. The van der Waals surface area contributed by atoms with Crippen LogP contribution < -0.4 is 10.1 Å². The summed E-state index contributed by atoms with van der Waals surface area (Å²) >= 11 is 0. The third kappa shape index (κ3) is 6.09. The van der Waals surface area contributed by atoms with Crippen LogP contribution in [-0.4, -0.2) is 67.7 Å². The Morgan fingerprint density at radius 3 is 2.62 bits per heavy atom. The topological polar surface area (TPSA) is 123 Å². The van der Waals surface area contributed by atoms with Gasteiger partial charge in [-0.15, -0.1) is 0 Å². The molecule has 3 aromatic carbocycles. The number of nitrogens with zero attached hydrogens (tertiary/aromatic N) is 3. The molecule has 1 aliphatic rings. The lowest BCUT2D eigenvalue weighted by Crippen LogP contribution is -2.50. The number of halogens is 1. The molecule has 210 valence electrons. The quantitative estimate of drug-likeness (QED) is 0.459. The van der Waals surface area contributed by atoms with Crippen molar-refractivity contribution < 1.29 is 27.4 Å². The molecule has 0 aliphatic carbocycles. The van der Waals surface area contributed by atoms with Crippen LogP contribution in [0.25, 0.3) is 11.1 Å². The molecule has 0 saturated carbocycles. The van der Waals surface area contributed by atoms with Crippen molar-refractivity contribution in [2.75, 3.05) is 32.1 Å². The fourth-order valence-electron chi connectivity index (χ4n) is 4.52. The van der Waals surface area contributed by atoms with E-state index in [4.69, 9.17) is 4.74 Å². The summed E-state index contributed by atoms with van der Waals surface area (Å²) in [5.41, 5.74) is 1.84. The molecule has 0 bridgehead atoms. The average molecular weight is 567 g/mol. The Bertz CT molecular complexity index is 1540. The molecule has 3 atom stereocenters. The number of hydrogen-bond donors (Lipinski definition) is 2. The summed E-state index contributed by atoms with van der Waals surface area (Å²) in [6.07, 6.45) is -0.653. The molecule has 40 heavy (non-hydrogen) atoms. The number of carbonyl (C=O) groups excluding carboxylic acids is 1. The zero-order valence-corrected chi connectivity index (χ0v) is 23.2. The second kappa shape index (κ2) is 12.0. The van der Waals surface area contributed by atoms with E-state index >= 15 is 0 Å². The van der Waals surface area contributed by atoms with Crippen LogP contribution in [0.2, 0.25) is 0 Å². The Morgan fingerprint density at radius 1 is 1.20 bits per heavy atom. The van der Waals surface area contributed by atoms with Crippen molar-refractivity contribution in [3.8, 4) is 22.9 Å². The molecule has 9 nitrogen and oxygen atoms in total. The van der Waals surface area contributed by atoms with E-state index in [0.29, 0.717) is 16.7 Å². The minimum Gasteiger partial charge on any atom is -0.487 e. The van der Waals surface area contributed by atoms with Gasteiger partial charge in [0.05, 0.1) is 30.5 Å². The molecule has 0 unspecified atom stereocenters. The van der Waals surface area contributed by atoms with Gasteiger partial charge in [0.25, 0.3) is 0 Å². The number of para-hydroxylation sites is 1. The number of urea groups is 1. The monoisotopic (exact) mass is 566 g/mol. The van der Waals surface area contributed by atoms with Gasteiger partial charge in [-0.25, -0.2) is 17.6 Å². The summed E-state index contributed by atoms with van der Waals surface area (Å²) in [6, 6.07) is 18.3. The predicted molar refractivity (Wildman–Crippen MR) is 149 cm³/mol. The zero-order chi connectivity index (χ0) is 29.0. The van der Waals surface area contributed by atoms with Gasteiger partial charge in [0.2, 0.25) is 10.0 Å². The van der Waals surface area contributed by atoms with Crippen LogP contribution in [0.5, 0.6) is 5.75 Å². The van der Waals surface area contributed by atoms with Crippen molar-refractivity contribution >= 4 is 21.7 Å². The highest BCUT2D eigenvalue weighted by Gasteiger charge is 2.38. The lowest BCUT2D eigenvalue weighted by atomic mass is 10.0. The van der Waals surface area contributed by atoms with E-state index in [1.807, 2.05) is 6.92 Å². The number of anilines is 1. The highest BCUT2D eigenvalue weighted by molar-refractivity contribution is 7.89. The van der Waals surface area contributed by atoms with Gasteiger partial charge in [0.15, 0.2) is 0 Å². The number of rotatable bonds is 6. The third-order valence-corrected chi connectivity index (χ3v) is 8.93. The van der Waals surface area contributed by atoms with E-state index in [9.17, 15) is 28.0 Å². The highest BCUT2D eigenvalue weighted by atomic mass is 32.2. The van der Waals surface area contributed by atoms with Gasteiger partial charge in [0, 0.05) is 25.6 Å². The first kappa shape index (κ1) is 29.0. The Balaban J connectivity index is 1.71. The largest absolute Gasteiger partial charge is 0.487 e. The van der Waals surface area contributed by atoms with Crippen molar-refractivity contribution in [3.05, 3.63) is 78.1 Å². The van der Waals surface area contributed by atoms with Gasteiger partial charge in [-0.05, 0) is 54.4 Å². The molecule has 2 N–H and O–H groups in total. The van der Waals surface area contributed by atoms with Crippen LogP contribution >= 0.6 is 0 Å². The number of nitriles is 1. The summed E-state index contributed by atoms with van der Waals surface area (Å²) in [5, 5.41) is 21.7. The van der Waals surface area contributed by atoms with Crippen molar-refractivity contribution in [3.63, 3.8) is 0 Å². The number of benzene rings is 3. The number of likely N-dealkylation sites (N-methyl/N-ethyl adjacent to an activating group) is 1. The second-order valence-electron chi connectivity index (χ2n) is 9.88. The summed E-state index contributed by atoms with van der Waals surface area (Å²) in [4.78, 5) is 14.2. The predicted octanol–water partition coefficient (Wildman–Crippen LogP) is 4.30. The Labute approximate surface area is 233 Å². The fraction of sp³-hybridized carbons (Fsp3) is 0.310. The highest BCUT2D eigenvalue weighted by Crippen LogP contribution is 2.36. The number of carbonyl (C=O) groups is 1. The van der Waals surface area contributed by atoms with E-state index in [1.165, 1.54) is 33.5 Å². The van der Waals surface area contributed by atoms with Crippen LogP contribution in [0.3, 0.4) is 0 Å². The van der Waals surface area contributed by atoms with Gasteiger partial charge in [-0.1, -0.05) is 37.3 Å². The number of sulfonamides is 1. The first-order valence-corrected chi connectivity index (χ1v) is 14.2. The maximum absolute atomic E-state index is 14.1. The molecule has 0 spiro atoms. The van der Waals surface area contributed by atoms with Gasteiger partial charge >= 0.3 is 6.03 Å². The zero-order valence-electron chi connectivity index (χ0n) is 22.4. The first-order chi connectivity index (χ1) is 19.0. The normalized spacial score (nSPS) is 19.2. The van der Waals surface area contributed by atoms with E-state index < -0.39 is 39.9 Å². The number of hydrogen-bond acceptors (Lipinski definition) is 6. The van der Waals surface area contributed by atoms with Gasteiger partial charge in [0.1, 0.15) is 22.6 Å². The maximum Gasteiger partial charge on any atom is 0.321 e. The van der Waals surface area contributed by atoms with Gasteiger partial charge < -0.3 is 20.1 Å². The Kier molecular flexibility index (Phi) is 8.73. The van der Waals surface area contributed by atoms with Crippen molar-refractivity contribution in [2.45, 2.75) is 30.9 Å². The third-order valence-electron chi connectivity index (χ3n) is 6.91. The number of amides is 2. The lowest BCUT2D eigenvalue weighted by molar-refractivity contribution is 0.0830. The number of fused-ring (bicyclic) bond motifs is 1. The first-order valence-electron chi connectivity index (χ1n) is 12.8. The molecular formula is C29H31FN4O5S. The summed E-state index contributed by atoms with van der Waals surface area (Å²) in [5.74, 6) is -0.874. The number of nitrogens with one attached hydrogen (secondary N) is 1. The maximum atomic E-state index is 14.1. The minimum absolute atomic E-state index is 0.0367. The number of ether oxygens (including phenoxy) is 1. The van der Waals surface area contributed by atoms with E-state index in [2.05, 4.69) is 11.4 Å². The molecule has 1 heterocycles. The van der Waals surface area contributed by atoms with Crippen molar-refractivity contribution in [1.82, 2.24) is 9.21 Å². The molecule has 11 heteroatoms. The van der Waals surface area contributed by atoms with Crippen LogP contribution in [0.1, 0.15) is 19.4 Å². The average Bonchev–Trinajstić information content (AvgIpc) is 2.95. The van der Waals surface area contributed by atoms with Gasteiger partial charge in [-0.3, -0.25) is 0 Å². The summed E-state index contributed by atoms with van der Waals surface area (Å²) < 4.78 is 49.1. The SMILES string of the molecule is C[C@H](CO)N1C[C@H](C)[C@@H](CN(C)C(=O)Nc2ccccc2F)Oc2cc(-c3cccc(C#N)c3)ccc2S1(=O)=O. The van der Waals surface area contributed by atoms with Crippen LogP contribution in [0, 0.1) is 23.1 Å². The molecule has 0 fully saturated rings. The molecule has 0 aromatic heterocycles. The summed E-state index contributed by atoms with van der Waals surface area (Å²) in [6.45, 7) is 3.17. The number of aliphatic hydroxyl groups excluding tert-OH is 1. The van der Waals surface area contributed by atoms with Crippen LogP contribution in [0.4, 0.5) is 14.9 Å². The molecule has 0 radical (unpaired) electrons. The van der Waals surface area contributed by atoms with E-state index in [0.717, 1.165) is 0 Å². The Hall–Kier alpha value is -3.98. The molecule has 0 saturated heterocycles. The standard InChI is InChI=1S/C29H31FN4O5S/c1-19-16-34(20(2)18-35)40(37,38)28-12-11-23(22-8-6-7-21(13-22)15-31)14-26(28)39-27(19)17-33(3)29(36)32-25-10-5-4-9-24(25)30/h4-14,19-20,27,35H,16-18H2,1-3H3,(H,32,36)/t19-,20+,27+/m0/s1.